The predicted molar refractivity (Wildman–Crippen MR) is 112 cm³/mol. The number of hydrogen-bond acceptors (Lipinski definition) is 12. The number of hydrazine groups is 1. The first kappa shape index (κ1) is 23.7. The molecule has 0 aliphatic carbocycles. The number of nitrogens with zero attached hydrogens (tertiary/aromatic N) is 3. The number of nitrogens with one attached hydrogen (secondary N) is 3. The number of hydrogen-bond donors (Lipinski definition) is 4. The topological polar surface area (TPSA) is 165 Å². The minimum absolute atomic E-state index is 0.0216. The summed E-state index contributed by atoms with van der Waals surface area (Å²) in [5, 5.41) is 13.2. The van der Waals surface area contributed by atoms with Gasteiger partial charge in [0, 0.05) is 23.7 Å². The van der Waals surface area contributed by atoms with Gasteiger partial charge in [0.15, 0.2) is 5.16 Å². The number of carbonyl (C=O) groups is 3. The molecule has 2 rings (SSSR count). The number of esters is 1. The number of aromatic nitrogens is 3. The molecule has 1 aromatic heterocycles. The highest BCUT2D eigenvalue weighted by Gasteiger charge is 2.12. The van der Waals surface area contributed by atoms with Gasteiger partial charge in [-0.3, -0.25) is 15.0 Å². The lowest BCUT2D eigenvalue weighted by Crippen LogP contribution is -2.30. The molecule has 2 aromatic rings. The van der Waals surface area contributed by atoms with E-state index in [0.29, 0.717) is 11.3 Å². The van der Waals surface area contributed by atoms with Gasteiger partial charge < -0.3 is 19.9 Å². The molecule has 31 heavy (non-hydrogen) atoms. The molecular weight excluding hydrogens is 428 g/mol. The number of anilines is 3. The van der Waals surface area contributed by atoms with Gasteiger partial charge in [0.1, 0.15) is 11.5 Å². The first-order chi connectivity index (χ1) is 14.8. The number of ether oxygens (including phenoxy) is 2. The second-order valence-corrected chi connectivity index (χ2v) is 6.89. The van der Waals surface area contributed by atoms with Gasteiger partial charge in [0.2, 0.25) is 11.9 Å². The summed E-state index contributed by atoms with van der Waals surface area (Å²) in [5.74, 6) is -0.541. The van der Waals surface area contributed by atoms with Gasteiger partial charge in [-0.05, 0) is 19.9 Å². The van der Waals surface area contributed by atoms with Crippen LogP contribution in [0.2, 0.25) is 0 Å². The summed E-state index contributed by atoms with van der Waals surface area (Å²) >= 11 is 1.01. The van der Waals surface area contributed by atoms with Crippen LogP contribution in [0.4, 0.5) is 22.4 Å². The van der Waals surface area contributed by atoms with Crippen LogP contribution in [0.3, 0.4) is 0 Å². The lowest BCUT2D eigenvalue weighted by molar-refractivity contribution is -0.139. The van der Waals surface area contributed by atoms with Gasteiger partial charge in [-0.15, -0.1) is 0 Å². The number of aromatic hydroxyl groups is 1. The fourth-order valence-electron chi connectivity index (χ4n) is 2.21. The Hall–Kier alpha value is -3.61. The minimum Gasteiger partial charge on any atom is -0.508 e. The monoisotopic (exact) mass is 450 g/mol. The smallest absolute Gasteiger partial charge is 0.425 e. The van der Waals surface area contributed by atoms with Crippen LogP contribution >= 0.6 is 11.8 Å². The molecule has 0 saturated carbocycles. The van der Waals surface area contributed by atoms with Crippen molar-refractivity contribution in [1.82, 2.24) is 20.4 Å². The molecule has 0 aliphatic rings. The van der Waals surface area contributed by atoms with E-state index in [1.54, 1.807) is 19.1 Å². The molecule has 0 unspecified atom stereocenters. The van der Waals surface area contributed by atoms with Crippen LogP contribution in [0.25, 0.3) is 0 Å². The summed E-state index contributed by atoms with van der Waals surface area (Å²) < 4.78 is 9.35. The van der Waals surface area contributed by atoms with Crippen LogP contribution in [0, 0.1) is 0 Å². The summed E-state index contributed by atoms with van der Waals surface area (Å²) in [6.45, 7) is 3.39. The fraction of sp³-hybridized carbons (Fsp3) is 0.333. The van der Waals surface area contributed by atoms with Crippen molar-refractivity contribution in [2.24, 2.45) is 0 Å². The van der Waals surface area contributed by atoms with E-state index < -0.39 is 12.1 Å². The Morgan fingerprint density at radius 3 is 2.55 bits per heavy atom. The minimum atomic E-state index is -0.762. The number of phenolic OH excluding ortho intramolecular Hbond substituents is 1. The van der Waals surface area contributed by atoms with E-state index in [0.717, 1.165) is 11.8 Å². The van der Waals surface area contributed by atoms with E-state index in [9.17, 15) is 19.5 Å². The van der Waals surface area contributed by atoms with Gasteiger partial charge >= 0.3 is 12.1 Å². The third-order valence-electron chi connectivity index (χ3n) is 3.48. The van der Waals surface area contributed by atoms with Crippen molar-refractivity contribution < 1.29 is 29.0 Å². The number of carbonyl (C=O) groups excluding carboxylic acids is 3. The van der Waals surface area contributed by atoms with Gasteiger partial charge in [-0.2, -0.15) is 15.0 Å². The molecule has 1 amide bonds. The Morgan fingerprint density at radius 2 is 1.90 bits per heavy atom. The van der Waals surface area contributed by atoms with E-state index in [-0.39, 0.29) is 47.4 Å². The van der Waals surface area contributed by atoms with E-state index >= 15 is 0 Å². The molecule has 0 atom stereocenters. The molecule has 0 fully saturated rings. The summed E-state index contributed by atoms with van der Waals surface area (Å²) in [7, 11) is 1.19. The highest BCUT2D eigenvalue weighted by Crippen LogP contribution is 2.25. The number of methoxy groups -OCH3 is 1. The third kappa shape index (κ3) is 7.97. The van der Waals surface area contributed by atoms with Crippen molar-refractivity contribution in [3.8, 4) is 5.75 Å². The Morgan fingerprint density at radius 1 is 1.16 bits per heavy atom. The van der Waals surface area contributed by atoms with Crippen molar-refractivity contribution in [3.05, 3.63) is 23.8 Å². The van der Waals surface area contributed by atoms with Crippen LogP contribution < -0.4 is 16.2 Å². The number of rotatable bonds is 10. The van der Waals surface area contributed by atoms with Gasteiger partial charge in [-0.1, -0.05) is 17.8 Å². The molecular formula is C18H22N6O6S. The largest absolute Gasteiger partial charge is 0.508 e. The molecule has 1 heterocycles. The normalized spacial score (nSPS) is 10.2. The molecule has 0 saturated heterocycles. The molecule has 13 heteroatoms. The van der Waals surface area contributed by atoms with Crippen LogP contribution in [0.1, 0.15) is 19.4 Å². The maximum absolute atomic E-state index is 11.6. The Kier molecular flexibility index (Phi) is 8.81. The second-order valence-electron chi connectivity index (χ2n) is 5.95. The quantitative estimate of drug-likeness (QED) is 0.236. The molecule has 4 N–H and O–H groups in total. The number of ketones is 1. The van der Waals surface area contributed by atoms with E-state index in [1.165, 1.54) is 20.1 Å². The van der Waals surface area contributed by atoms with Gasteiger partial charge in [0.05, 0.1) is 19.5 Å². The number of Topliss-reactive ketones (excluding diaryl/α,β-unsaturated/α-hetero) is 1. The zero-order valence-corrected chi connectivity index (χ0v) is 17.9. The summed E-state index contributed by atoms with van der Waals surface area (Å²) in [4.78, 5) is 46.6. The Bertz CT molecular complexity index is 957. The highest BCUT2D eigenvalue weighted by molar-refractivity contribution is 7.99. The Balaban J connectivity index is 2.22. The van der Waals surface area contributed by atoms with Crippen LogP contribution in [0.15, 0.2) is 23.4 Å². The molecule has 0 spiro atoms. The van der Waals surface area contributed by atoms with E-state index in [1.807, 2.05) is 0 Å². The zero-order chi connectivity index (χ0) is 22.8. The number of phenols is 1. The van der Waals surface area contributed by atoms with Crippen molar-refractivity contribution in [3.63, 3.8) is 0 Å². The van der Waals surface area contributed by atoms with Crippen molar-refractivity contribution in [2.45, 2.75) is 25.4 Å². The molecule has 0 bridgehead atoms. The molecule has 0 aliphatic heterocycles. The maximum atomic E-state index is 11.6. The molecule has 0 radical (unpaired) electrons. The number of thioether (sulfide) groups is 1. The third-order valence-corrected chi connectivity index (χ3v) is 4.30. The molecule has 12 nitrogen and oxygen atoms in total. The SMILES string of the molecule is CCOC(=O)CSc1nc(NNC(=O)OC)nc(Nc2ccc(CC(C)=O)c(O)c2)n1. The lowest BCUT2D eigenvalue weighted by Gasteiger charge is -2.11. The van der Waals surface area contributed by atoms with Gasteiger partial charge in [-0.25, -0.2) is 10.2 Å². The average molecular weight is 450 g/mol. The highest BCUT2D eigenvalue weighted by atomic mass is 32.2. The van der Waals surface area contributed by atoms with Crippen LogP contribution in [-0.2, 0) is 25.5 Å². The van der Waals surface area contributed by atoms with Crippen LogP contribution in [-0.4, -0.2) is 57.4 Å². The van der Waals surface area contributed by atoms with E-state index in [4.69, 9.17) is 4.74 Å². The fourth-order valence-corrected chi connectivity index (χ4v) is 2.84. The number of amides is 1. The van der Waals surface area contributed by atoms with Crippen molar-refractivity contribution >= 4 is 47.2 Å². The number of benzene rings is 1. The maximum Gasteiger partial charge on any atom is 0.425 e. The van der Waals surface area contributed by atoms with Crippen molar-refractivity contribution in [1.29, 1.82) is 0 Å². The predicted octanol–water partition coefficient (Wildman–Crippen LogP) is 1.79. The Labute approximate surface area is 182 Å². The lowest BCUT2D eigenvalue weighted by atomic mass is 10.1. The van der Waals surface area contributed by atoms with Crippen molar-refractivity contribution in [2.75, 3.05) is 30.2 Å². The van der Waals surface area contributed by atoms with E-state index in [2.05, 4.69) is 35.9 Å². The van der Waals surface area contributed by atoms with Crippen LogP contribution in [0.5, 0.6) is 5.75 Å². The summed E-state index contributed by atoms with van der Waals surface area (Å²) in [5.41, 5.74) is 5.63. The first-order valence-electron chi connectivity index (χ1n) is 9.03. The molecule has 166 valence electrons. The first-order valence-corrected chi connectivity index (χ1v) is 10.0. The average Bonchev–Trinajstić information content (AvgIpc) is 2.72. The standard InChI is InChI=1S/C18H22N6O6S/c1-4-30-14(27)9-31-17-21-15(20-16(22-17)23-24-18(28)29-3)19-12-6-5-11(7-10(2)25)13(26)8-12/h5-6,8,26H,4,7,9H2,1-3H3,(H,24,28)(H2,19,20,21,22,23). The van der Waals surface area contributed by atoms with Gasteiger partial charge in [0.25, 0.3) is 0 Å². The second kappa shape index (κ2) is 11.5. The summed E-state index contributed by atoms with van der Waals surface area (Å²) in [6.07, 6.45) is -0.651. The molecule has 1 aromatic carbocycles. The zero-order valence-electron chi connectivity index (χ0n) is 17.1. The summed E-state index contributed by atoms with van der Waals surface area (Å²) in [6, 6.07) is 4.68.